The van der Waals surface area contributed by atoms with Crippen molar-refractivity contribution >= 4 is 17.9 Å². The van der Waals surface area contributed by atoms with Crippen molar-refractivity contribution in [3.05, 3.63) is 0 Å². The van der Waals surface area contributed by atoms with Crippen molar-refractivity contribution in [2.45, 2.75) is 18.9 Å². The molecule has 8 heteroatoms. The van der Waals surface area contributed by atoms with Crippen LogP contribution in [0.25, 0.3) is 0 Å². The standard InChI is InChI=1S/C12H21N3O5/c1-14(2)12(20)15-5-3-8(4-6-15)10(17)13-9(7-16)11(18)19/h8-9,16H,3-7H2,1-2H3,(H,13,17)(H,18,19). The van der Waals surface area contributed by atoms with Crippen LogP contribution < -0.4 is 5.32 Å². The van der Waals surface area contributed by atoms with Crippen LogP contribution in [0, 0.1) is 5.92 Å². The second-order valence-electron chi connectivity index (χ2n) is 5.02. The number of likely N-dealkylation sites (tertiary alicyclic amines) is 1. The van der Waals surface area contributed by atoms with Crippen LogP contribution in [0.2, 0.25) is 0 Å². The number of carboxylic acid groups (broad SMARTS) is 1. The van der Waals surface area contributed by atoms with Gasteiger partial charge in [0.25, 0.3) is 0 Å². The fourth-order valence-electron chi connectivity index (χ4n) is 2.09. The molecule has 1 aliphatic heterocycles. The summed E-state index contributed by atoms with van der Waals surface area (Å²) in [5, 5.41) is 19.9. The van der Waals surface area contributed by atoms with Gasteiger partial charge in [-0.2, -0.15) is 0 Å². The Morgan fingerprint density at radius 2 is 1.85 bits per heavy atom. The van der Waals surface area contributed by atoms with Gasteiger partial charge < -0.3 is 25.3 Å². The molecule has 1 fully saturated rings. The Labute approximate surface area is 117 Å². The number of urea groups is 1. The fraction of sp³-hybridized carbons (Fsp3) is 0.750. The summed E-state index contributed by atoms with van der Waals surface area (Å²) in [6.07, 6.45) is 0.979. The molecule has 20 heavy (non-hydrogen) atoms. The van der Waals surface area contributed by atoms with E-state index in [9.17, 15) is 14.4 Å². The maximum absolute atomic E-state index is 11.9. The number of amides is 3. The van der Waals surface area contributed by atoms with E-state index in [-0.39, 0.29) is 17.9 Å². The van der Waals surface area contributed by atoms with Gasteiger partial charge in [-0.1, -0.05) is 0 Å². The van der Waals surface area contributed by atoms with Crippen molar-refractivity contribution in [1.29, 1.82) is 0 Å². The first-order valence-corrected chi connectivity index (χ1v) is 6.47. The average molecular weight is 287 g/mol. The topological polar surface area (TPSA) is 110 Å². The lowest BCUT2D eigenvalue weighted by Crippen LogP contribution is -2.50. The van der Waals surface area contributed by atoms with E-state index in [1.807, 2.05) is 0 Å². The number of piperidine rings is 1. The number of aliphatic carboxylic acids is 1. The highest BCUT2D eigenvalue weighted by Gasteiger charge is 2.30. The van der Waals surface area contributed by atoms with Crippen LogP contribution in [0.1, 0.15) is 12.8 Å². The summed E-state index contributed by atoms with van der Waals surface area (Å²) >= 11 is 0. The van der Waals surface area contributed by atoms with Gasteiger partial charge in [0, 0.05) is 33.1 Å². The number of rotatable bonds is 4. The lowest BCUT2D eigenvalue weighted by molar-refractivity contribution is -0.143. The second kappa shape index (κ2) is 7.09. The average Bonchev–Trinajstić information content (AvgIpc) is 2.43. The zero-order valence-corrected chi connectivity index (χ0v) is 11.7. The summed E-state index contributed by atoms with van der Waals surface area (Å²) in [7, 11) is 3.33. The highest BCUT2D eigenvalue weighted by Crippen LogP contribution is 2.18. The summed E-state index contributed by atoms with van der Waals surface area (Å²) in [5.41, 5.74) is 0. The lowest BCUT2D eigenvalue weighted by Gasteiger charge is -2.33. The van der Waals surface area contributed by atoms with Crippen LogP contribution in [0.4, 0.5) is 4.79 Å². The summed E-state index contributed by atoms with van der Waals surface area (Å²) in [6.45, 7) is 0.289. The molecule has 1 rings (SSSR count). The Morgan fingerprint density at radius 3 is 2.25 bits per heavy atom. The molecule has 114 valence electrons. The number of carbonyl (C=O) groups is 3. The van der Waals surface area contributed by atoms with Crippen LogP contribution in [-0.2, 0) is 9.59 Å². The van der Waals surface area contributed by atoms with Gasteiger partial charge in [0.05, 0.1) is 6.61 Å². The molecule has 1 aliphatic rings. The molecule has 0 spiro atoms. The van der Waals surface area contributed by atoms with Gasteiger partial charge in [0.1, 0.15) is 6.04 Å². The van der Waals surface area contributed by atoms with Gasteiger partial charge in [-0.05, 0) is 12.8 Å². The van der Waals surface area contributed by atoms with Crippen LogP contribution >= 0.6 is 0 Å². The maximum Gasteiger partial charge on any atom is 0.328 e. The molecule has 1 saturated heterocycles. The van der Waals surface area contributed by atoms with Gasteiger partial charge in [-0.25, -0.2) is 9.59 Å². The predicted octanol–water partition coefficient (Wildman–Crippen LogP) is -1.06. The molecular formula is C12H21N3O5. The molecule has 0 aromatic rings. The number of aliphatic hydroxyl groups is 1. The minimum atomic E-state index is -1.27. The SMILES string of the molecule is CN(C)C(=O)N1CCC(C(=O)NC(CO)C(=O)O)CC1. The van der Waals surface area contributed by atoms with Crippen LogP contribution in [-0.4, -0.2) is 77.8 Å². The third kappa shape index (κ3) is 4.09. The molecule has 3 N–H and O–H groups in total. The van der Waals surface area contributed by atoms with Crippen LogP contribution in [0.5, 0.6) is 0 Å². The van der Waals surface area contributed by atoms with Crippen molar-refractivity contribution in [1.82, 2.24) is 15.1 Å². The first kappa shape index (κ1) is 16.2. The van der Waals surface area contributed by atoms with Crippen molar-refractivity contribution < 1.29 is 24.6 Å². The summed E-state index contributed by atoms with van der Waals surface area (Å²) < 4.78 is 0. The Hall–Kier alpha value is -1.83. The molecule has 1 unspecified atom stereocenters. The largest absolute Gasteiger partial charge is 0.480 e. The third-order valence-corrected chi connectivity index (χ3v) is 3.32. The monoisotopic (exact) mass is 287 g/mol. The summed E-state index contributed by atoms with van der Waals surface area (Å²) in [4.78, 5) is 37.5. The van der Waals surface area contributed by atoms with Crippen molar-refractivity contribution in [2.24, 2.45) is 5.92 Å². The molecule has 0 aromatic heterocycles. The summed E-state index contributed by atoms with van der Waals surface area (Å²) in [6, 6.07) is -1.37. The van der Waals surface area contributed by atoms with Gasteiger partial charge in [-0.15, -0.1) is 0 Å². The molecule has 0 bridgehead atoms. The molecule has 0 aliphatic carbocycles. The number of hydrogen-bond acceptors (Lipinski definition) is 4. The van der Waals surface area contributed by atoms with Gasteiger partial charge >= 0.3 is 12.0 Å². The molecule has 3 amide bonds. The first-order valence-electron chi connectivity index (χ1n) is 6.47. The second-order valence-corrected chi connectivity index (χ2v) is 5.02. The minimum absolute atomic E-state index is 0.0948. The quantitative estimate of drug-likeness (QED) is 0.610. The normalized spacial score (nSPS) is 17.4. The Balaban J connectivity index is 2.47. The van der Waals surface area contributed by atoms with Gasteiger partial charge in [0.15, 0.2) is 0 Å². The highest BCUT2D eigenvalue weighted by molar-refractivity contribution is 5.85. The van der Waals surface area contributed by atoms with Gasteiger partial charge in [0.2, 0.25) is 5.91 Å². The molecule has 0 aromatic carbocycles. The van der Waals surface area contributed by atoms with E-state index in [1.54, 1.807) is 19.0 Å². The fourth-order valence-corrected chi connectivity index (χ4v) is 2.09. The predicted molar refractivity (Wildman–Crippen MR) is 70.0 cm³/mol. The van der Waals surface area contributed by atoms with E-state index in [2.05, 4.69) is 5.32 Å². The summed E-state index contributed by atoms with van der Waals surface area (Å²) in [5.74, 6) is -1.97. The van der Waals surface area contributed by atoms with Crippen molar-refractivity contribution in [3.8, 4) is 0 Å². The van der Waals surface area contributed by atoms with Crippen LogP contribution in [0.3, 0.4) is 0 Å². The Bertz CT molecular complexity index is 377. The third-order valence-electron chi connectivity index (χ3n) is 3.32. The maximum atomic E-state index is 11.9. The minimum Gasteiger partial charge on any atom is -0.480 e. The highest BCUT2D eigenvalue weighted by atomic mass is 16.4. The number of carbonyl (C=O) groups excluding carboxylic acids is 2. The van der Waals surface area contributed by atoms with Gasteiger partial charge in [-0.3, -0.25) is 4.79 Å². The van der Waals surface area contributed by atoms with E-state index in [0.29, 0.717) is 25.9 Å². The van der Waals surface area contributed by atoms with E-state index >= 15 is 0 Å². The molecule has 1 heterocycles. The molecule has 0 radical (unpaired) electrons. The Kier molecular flexibility index (Phi) is 5.75. The Morgan fingerprint density at radius 1 is 1.30 bits per heavy atom. The molecule has 8 nitrogen and oxygen atoms in total. The number of hydrogen-bond donors (Lipinski definition) is 3. The number of carboxylic acids is 1. The van der Waals surface area contributed by atoms with Crippen LogP contribution in [0.15, 0.2) is 0 Å². The zero-order valence-electron chi connectivity index (χ0n) is 11.7. The number of nitrogens with zero attached hydrogens (tertiary/aromatic N) is 2. The molecule has 0 saturated carbocycles. The molecular weight excluding hydrogens is 266 g/mol. The number of aliphatic hydroxyl groups excluding tert-OH is 1. The smallest absolute Gasteiger partial charge is 0.328 e. The zero-order chi connectivity index (χ0) is 15.3. The lowest BCUT2D eigenvalue weighted by atomic mass is 9.95. The van der Waals surface area contributed by atoms with E-state index < -0.39 is 18.6 Å². The first-order chi connectivity index (χ1) is 9.36. The van der Waals surface area contributed by atoms with Crippen molar-refractivity contribution in [2.75, 3.05) is 33.8 Å². The van der Waals surface area contributed by atoms with E-state index in [0.717, 1.165) is 0 Å². The molecule has 1 atom stereocenters. The number of nitrogens with one attached hydrogen (secondary N) is 1. The van der Waals surface area contributed by atoms with Crippen molar-refractivity contribution in [3.63, 3.8) is 0 Å². The van der Waals surface area contributed by atoms with E-state index in [1.165, 1.54) is 4.90 Å². The van der Waals surface area contributed by atoms with E-state index in [4.69, 9.17) is 10.2 Å².